The predicted octanol–water partition coefficient (Wildman–Crippen LogP) is 1.64. The van der Waals surface area contributed by atoms with Crippen molar-refractivity contribution >= 4 is 6.08 Å². The van der Waals surface area contributed by atoms with Gasteiger partial charge in [0.25, 0.3) is 0 Å². The van der Waals surface area contributed by atoms with Crippen LogP contribution in [-0.2, 0) is 0 Å². The summed E-state index contributed by atoms with van der Waals surface area (Å²) in [6.07, 6.45) is 6.26. The minimum Gasteiger partial charge on any atom is -0.619 e. The molecular weight excluding hydrogens is 168 g/mol. The van der Waals surface area contributed by atoms with E-state index in [4.69, 9.17) is 5.53 Å². The Morgan fingerprint density at radius 1 is 1.69 bits per heavy atom. The van der Waals surface area contributed by atoms with Crippen LogP contribution in [0.15, 0.2) is 35.7 Å². The highest BCUT2D eigenvalue weighted by molar-refractivity contribution is 5.46. The maximum absolute atomic E-state index is 10.8. The van der Waals surface area contributed by atoms with Crippen LogP contribution < -0.4 is 4.73 Å². The lowest BCUT2D eigenvalue weighted by Crippen LogP contribution is -2.24. The zero-order chi connectivity index (χ0) is 9.52. The highest BCUT2D eigenvalue weighted by Crippen LogP contribution is 1.96. The van der Waals surface area contributed by atoms with Gasteiger partial charge in [-0.1, -0.05) is 17.3 Å². The molecule has 0 aliphatic heterocycles. The van der Waals surface area contributed by atoms with E-state index in [0.29, 0.717) is 11.3 Å². The summed E-state index contributed by atoms with van der Waals surface area (Å²) in [4.78, 5) is 2.59. The molecule has 0 aliphatic carbocycles. The number of aromatic nitrogens is 1. The van der Waals surface area contributed by atoms with Crippen molar-refractivity contribution in [2.75, 3.05) is 6.54 Å². The van der Waals surface area contributed by atoms with Crippen LogP contribution in [-0.4, -0.2) is 6.54 Å². The minimum atomic E-state index is 0.296. The molecule has 0 fully saturated rings. The Morgan fingerprint density at radius 2 is 2.54 bits per heavy atom. The van der Waals surface area contributed by atoms with E-state index in [1.54, 1.807) is 24.3 Å². The molecule has 0 saturated heterocycles. The third-order valence-corrected chi connectivity index (χ3v) is 1.36. The van der Waals surface area contributed by atoms with Crippen molar-refractivity contribution in [3.63, 3.8) is 0 Å². The summed E-state index contributed by atoms with van der Waals surface area (Å²) in [5.41, 5.74) is 8.76. The first-order valence-electron chi connectivity index (χ1n) is 3.69. The molecule has 5 heteroatoms. The second-order valence-electron chi connectivity index (χ2n) is 2.31. The molecule has 13 heavy (non-hydrogen) atoms. The first-order valence-corrected chi connectivity index (χ1v) is 3.69. The van der Waals surface area contributed by atoms with Gasteiger partial charge in [-0.2, -0.15) is 4.73 Å². The number of pyridine rings is 1. The molecule has 0 saturated carbocycles. The van der Waals surface area contributed by atoms with E-state index < -0.39 is 0 Å². The molecule has 66 valence electrons. The van der Waals surface area contributed by atoms with Gasteiger partial charge < -0.3 is 5.21 Å². The van der Waals surface area contributed by atoms with Crippen molar-refractivity contribution in [3.05, 3.63) is 51.8 Å². The molecule has 0 spiro atoms. The molecule has 0 atom stereocenters. The Morgan fingerprint density at radius 3 is 3.23 bits per heavy atom. The Balaban J connectivity index is 2.63. The molecule has 0 amide bonds. The van der Waals surface area contributed by atoms with Gasteiger partial charge in [0.2, 0.25) is 0 Å². The maximum Gasteiger partial charge on any atom is 0.187 e. The second-order valence-corrected chi connectivity index (χ2v) is 2.31. The quantitative estimate of drug-likeness (QED) is 0.227. The highest BCUT2D eigenvalue weighted by Gasteiger charge is 1.89. The van der Waals surface area contributed by atoms with Gasteiger partial charge in [-0.05, 0) is 11.6 Å². The number of azide groups is 1. The van der Waals surface area contributed by atoms with Gasteiger partial charge in [0.15, 0.2) is 12.4 Å². The van der Waals surface area contributed by atoms with Crippen LogP contribution in [0.1, 0.15) is 5.56 Å². The van der Waals surface area contributed by atoms with Gasteiger partial charge >= 0.3 is 0 Å². The monoisotopic (exact) mass is 176 g/mol. The fourth-order valence-corrected chi connectivity index (χ4v) is 0.843. The first-order chi connectivity index (χ1) is 6.33. The molecular formula is C8H8N4O. The SMILES string of the molecule is [N-]=[N+]=NCC=Cc1ccc[n+]([O-])c1. The van der Waals surface area contributed by atoms with Crippen LogP contribution in [0.4, 0.5) is 0 Å². The van der Waals surface area contributed by atoms with E-state index in [-0.39, 0.29) is 0 Å². The summed E-state index contributed by atoms with van der Waals surface area (Å²) >= 11 is 0. The van der Waals surface area contributed by atoms with Gasteiger partial charge in [0, 0.05) is 23.1 Å². The Hall–Kier alpha value is -2.00. The topological polar surface area (TPSA) is 75.7 Å². The molecule has 1 aromatic heterocycles. The number of nitrogens with zero attached hydrogens (tertiary/aromatic N) is 4. The average Bonchev–Trinajstić information content (AvgIpc) is 2.13. The van der Waals surface area contributed by atoms with Gasteiger partial charge in [0.1, 0.15) is 0 Å². The number of rotatable bonds is 3. The molecule has 0 radical (unpaired) electrons. The molecule has 5 nitrogen and oxygen atoms in total. The third-order valence-electron chi connectivity index (χ3n) is 1.36. The van der Waals surface area contributed by atoms with Crippen molar-refractivity contribution in [1.29, 1.82) is 0 Å². The fourth-order valence-electron chi connectivity index (χ4n) is 0.843. The molecule has 0 N–H and O–H groups in total. The van der Waals surface area contributed by atoms with E-state index in [1.165, 1.54) is 12.4 Å². The zero-order valence-electron chi connectivity index (χ0n) is 6.87. The van der Waals surface area contributed by atoms with Crippen LogP contribution in [0.5, 0.6) is 0 Å². The van der Waals surface area contributed by atoms with Crippen molar-refractivity contribution in [2.24, 2.45) is 5.11 Å². The standard InChI is InChI=1S/C8H8N4O/c9-11-10-5-1-3-8-4-2-6-12(13)7-8/h1-4,6-7H,5H2. The summed E-state index contributed by atoms with van der Waals surface area (Å²) in [5, 5.41) is 14.1. The summed E-state index contributed by atoms with van der Waals surface area (Å²) in [6, 6.07) is 3.45. The zero-order valence-corrected chi connectivity index (χ0v) is 6.87. The van der Waals surface area contributed by atoms with Crippen molar-refractivity contribution < 1.29 is 4.73 Å². The number of hydrogen-bond acceptors (Lipinski definition) is 2. The Labute approximate surface area is 75.1 Å². The predicted molar refractivity (Wildman–Crippen MR) is 48.4 cm³/mol. The average molecular weight is 176 g/mol. The third kappa shape index (κ3) is 3.27. The van der Waals surface area contributed by atoms with E-state index in [9.17, 15) is 5.21 Å². The van der Waals surface area contributed by atoms with E-state index in [2.05, 4.69) is 10.0 Å². The van der Waals surface area contributed by atoms with Gasteiger partial charge in [-0.15, -0.1) is 0 Å². The van der Waals surface area contributed by atoms with Crippen molar-refractivity contribution in [3.8, 4) is 0 Å². The molecule has 0 bridgehead atoms. The van der Waals surface area contributed by atoms with Crippen LogP contribution in [0, 0.1) is 5.21 Å². The fraction of sp³-hybridized carbons (Fsp3) is 0.125. The van der Waals surface area contributed by atoms with Gasteiger partial charge in [-0.3, -0.25) is 0 Å². The molecule has 1 heterocycles. The van der Waals surface area contributed by atoms with Crippen LogP contribution in [0.25, 0.3) is 16.5 Å². The number of hydrogen-bond donors (Lipinski definition) is 0. The molecule has 0 aromatic carbocycles. The summed E-state index contributed by atoms with van der Waals surface area (Å²) in [6.45, 7) is 0.296. The van der Waals surface area contributed by atoms with Crippen LogP contribution in [0.2, 0.25) is 0 Å². The van der Waals surface area contributed by atoms with Gasteiger partial charge in [0.05, 0.1) is 0 Å². The van der Waals surface area contributed by atoms with Gasteiger partial charge in [-0.25, -0.2) is 0 Å². The van der Waals surface area contributed by atoms with Crippen molar-refractivity contribution in [1.82, 2.24) is 0 Å². The van der Waals surface area contributed by atoms with Crippen LogP contribution >= 0.6 is 0 Å². The van der Waals surface area contributed by atoms with E-state index in [1.807, 2.05) is 0 Å². The minimum absolute atomic E-state index is 0.296. The van der Waals surface area contributed by atoms with Crippen LogP contribution in [0.3, 0.4) is 0 Å². The van der Waals surface area contributed by atoms with E-state index >= 15 is 0 Å². The first kappa shape index (κ1) is 9.09. The lowest BCUT2D eigenvalue weighted by molar-refractivity contribution is -0.605. The normalized spacial score (nSPS) is 9.85. The van der Waals surface area contributed by atoms with E-state index in [0.717, 1.165) is 5.56 Å². The molecule has 1 aromatic rings. The Bertz CT molecular complexity index is 355. The summed E-state index contributed by atoms with van der Waals surface area (Å²) in [5.74, 6) is 0. The largest absolute Gasteiger partial charge is 0.619 e. The molecule has 0 aliphatic rings. The summed E-state index contributed by atoms with van der Waals surface area (Å²) in [7, 11) is 0. The highest BCUT2D eigenvalue weighted by atomic mass is 16.5. The molecule has 1 rings (SSSR count). The second kappa shape index (κ2) is 4.79. The lowest BCUT2D eigenvalue weighted by Gasteiger charge is -1.94. The van der Waals surface area contributed by atoms with Crippen molar-refractivity contribution in [2.45, 2.75) is 0 Å². The maximum atomic E-state index is 10.8. The summed E-state index contributed by atoms with van der Waals surface area (Å²) < 4.78 is 0.716. The lowest BCUT2D eigenvalue weighted by atomic mass is 10.2. The smallest absolute Gasteiger partial charge is 0.187 e. The molecule has 0 unspecified atom stereocenters. The Kier molecular flexibility index (Phi) is 3.35.